The first-order chi connectivity index (χ1) is 17.1. The molecule has 2 aromatic carbocycles. The average molecular weight is 488 g/mol. The second-order valence-electron chi connectivity index (χ2n) is 10.7. The predicted molar refractivity (Wildman–Crippen MR) is 140 cm³/mol. The Morgan fingerprint density at radius 1 is 1.08 bits per heavy atom. The van der Waals surface area contributed by atoms with Crippen LogP contribution in [0, 0.1) is 5.92 Å². The summed E-state index contributed by atoms with van der Waals surface area (Å²) in [5.74, 6) is 0.771. The van der Waals surface area contributed by atoms with Crippen molar-refractivity contribution < 1.29 is 19.1 Å². The van der Waals surface area contributed by atoms with Gasteiger partial charge in [0.15, 0.2) is 5.78 Å². The predicted octanol–water partition coefficient (Wildman–Crippen LogP) is 5.27. The number of ketones is 1. The van der Waals surface area contributed by atoms with Crippen molar-refractivity contribution in [1.29, 1.82) is 0 Å². The number of piperidine rings is 1. The minimum Gasteiger partial charge on any atom is -0.497 e. The average Bonchev–Trinajstić information content (AvgIpc) is 3.21. The van der Waals surface area contributed by atoms with Crippen molar-refractivity contribution in [1.82, 2.24) is 9.78 Å². The third-order valence-corrected chi connectivity index (χ3v) is 6.96. The maximum atomic E-state index is 12.4. The standard InChI is InChI=1S/C29H33N3O4/c1-18(33)28-25-14-19(7-13-26(25)32(30-28)17-27(34)36-29(2,3)4)24-15-22-8-6-20(24)16-31(22)21-9-11-23(35-5)12-10-21/h7,9-15,20,22H,6,8,16-17H2,1-5H3/t20-,22-/m0/s1. The van der Waals surface area contributed by atoms with Crippen LogP contribution in [0.5, 0.6) is 5.75 Å². The number of fused-ring (bicyclic) bond motifs is 3. The van der Waals surface area contributed by atoms with E-state index in [9.17, 15) is 9.59 Å². The summed E-state index contributed by atoms with van der Waals surface area (Å²) < 4.78 is 12.4. The summed E-state index contributed by atoms with van der Waals surface area (Å²) in [5.41, 5.74) is 4.22. The van der Waals surface area contributed by atoms with E-state index in [1.807, 2.05) is 39.0 Å². The smallest absolute Gasteiger partial charge is 0.328 e. The van der Waals surface area contributed by atoms with E-state index in [4.69, 9.17) is 9.47 Å². The van der Waals surface area contributed by atoms with E-state index < -0.39 is 5.60 Å². The normalized spacial score (nSPS) is 19.4. The van der Waals surface area contributed by atoms with Crippen LogP contribution in [0.15, 0.2) is 48.5 Å². The molecule has 36 heavy (non-hydrogen) atoms. The van der Waals surface area contributed by atoms with Crippen molar-refractivity contribution in [2.24, 2.45) is 5.92 Å². The van der Waals surface area contributed by atoms with Crippen LogP contribution in [-0.2, 0) is 16.1 Å². The van der Waals surface area contributed by atoms with E-state index in [1.165, 1.54) is 18.2 Å². The number of methoxy groups -OCH3 is 1. The molecule has 0 amide bonds. The van der Waals surface area contributed by atoms with Gasteiger partial charge in [0.2, 0.25) is 0 Å². The van der Waals surface area contributed by atoms with Crippen LogP contribution < -0.4 is 9.64 Å². The highest BCUT2D eigenvalue weighted by molar-refractivity contribution is 6.05. The van der Waals surface area contributed by atoms with E-state index in [2.05, 4.69) is 40.3 Å². The summed E-state index contributed by atoms with van der Waals surface area (Å²) in [7, 11) is 1.68. The Labute approximate surface area is 211 Å². The summed E-state index contributed by atoms with van der Waals surface area (Å²) in [6, 6.07) is 14.7. The molecule has 0 spiro atoms. The summed E-state index contributed by atoms with van der Waals surface area (Å²) in [6.07, 6.45) is 4.63. The molecule has 1 saturated heterocycles. The largest absolute Gasteiger partial charge is 0.497 e. The monoisotopic (exact) mass is 487 g/mol. The first-order valence-electron chi connectivity index (χ1n) is 12.5. The van der Waals surface area contributed by atoms with Crippen LogP contribution in [0.25, 0.3) is 16.5 Å². The number of Topliss-reactive ketones (excluding diaryl/α,β-unsaturated/α-hetero) is 1. The lowest BCUT2D eigenvalue weighted by Gasteiger charge is -2.46. The van der Waals surface area contributed by atoms with Crippen LogP contribution in [0.3, 0.4) is 0 Å². The molecule has 3 aliphatic rings. The molecule has 2 aliphatic heterocycles. The summed E-state index contributed by atoms with van der Waals surface area (Å²) in [4.78, 5) is 27.3. The maximum Gasteiger partial charge on any atom is 0.328 e. The zero-order valence-corrected chi connectivity index (χ0v) is 21.6. The van der Waals surface area contributed by atoms with Crippen LogP contribution in [0.2, 0.25) is 0 Å². The molecular weight excluding hydrogens is 454 g/mol. The van der Waals surface area contributed by atoms with E-state index in [0.717, 1.165) is 41.6 Å². The van der Waals surface area contributed by atoms with Gasteiger partial charge in [0.05, 0.1) is 12.6 Å². The number of nitrogens with zero attached hydrogens (tertiary/aromatic N) is 3. The third-order valence-electron chi connectivity index (χ3n) is 6.96. The van der Waals surface area contributed by atoms with Gasteiger partial charge in [-0.05, 0) is 81.1 Å². The van der Waals surface area contributed by atoms with Crippen LogP contribution >= 0.6 is 0 Å². The zero-order valence-electron chi connectivity index (χ0n) is 21.6. The molecule has 2 bridgehead atoms. The number of ether oxygens (including phenoxy) is 2. The molecule has 3 heterocycles. The van der Waals surface area contributed by atoms with Crippen molar-refractivity contribution in [2.45, 2.75) is 58.7 Å². The number of hydrogen-bond acceptors (Lipinski definition) is 6. The van der Waals surface area contributed by atoms with Crippen LogP contribution in [0.1, 0.15) is 56.6 Å². The van der Waals surface area contributed by atoms with Gasteiger partial charge in [-0.25, -0.2) is 0 Å². The van der Waals surface area contributed by atoms with Gasteiger partial charge >= 0.3 is 5.97 Å². The molecular formula is C29H33N3O4. The second kappa shape index (κ2) is 9.12. The third kappa shape index (κ3) is 4.62. The van der Waals surface area contributed by atoms with Gasteiger partial charge < -0.3 is 14.4 Å². The molecule has 6 rings (SSSR count). The first kappa shape index (κ1) is 24.1. The van der Waals surface area contributed by atoms with E-state index in [-0.39, 0.29) is 18.3 Å². The number of esters is 1. The fourth-order valence-electron chi connectivity index (χ4n) is 5.40. The zero-order chi connectivity index (χ0) is 25.6. The molecule has 1 aliphatic carbocycles. The van der Waals surface area contributed by atoms with Crippen molar-refractivity contribution in [3.63, 3.8) is 0 Å². The highest BCUT2D eigenvalue weighted by Crippen LogP contribution is 2.42. The maximum absolute atomic E-state index is 12.4. The molecule has 2 atom stereocenters. The minimum absolute atomic E-state index is 0.0371. The van der Waals surface area contributed by atoms with Crippen LogP contribution in [0.4, 0.5) is 5.69 Å². The Morgan fingerprint density at radius 2 is 1.83 bits per heavy atom. The molecule has 0 unspecified atom stereocenters. The quantitative estimate of drug-likeness (QED) is 0.348. The Bertz CT molecular complexity index is 1350. The summed E-state index contributed by atoms with van der Waals surface area (Å²) in [6.45, 7) is 7.94. The Kier molecular flexibility index (Phi) is 6.10. The van der Waals surface area contributed by atoms with Gasteiger partial charge in [-0.15, -0.1) is 0 Å². The molecule has 7 nitrogen and oxygen atoms in total. The Hall–Kier alpha value is -3.61. The number of carbonyl (C=O) groups is 2. The summed E-state index contributed by atoms with van der Waals surface area (Å²) >= 11 is 0. The lowest BCUT2D eigenvalue weighted by atomic mass is 9.76. The highest BCUT2D eigenvalue weighted by Gasteiger charge is 2.35. The molecule has 0 saturated carbocycles. The number of aromatic nitrogens is 2. The molecule has 0 N–H and O–H groups in total. The van der Waals surface area contributed by atoms with Gasteiger partial charge in [0.25, 0.3) is 0 Å². The van der Waals surface area contributed by atoms with Crippen LogP contribution in [-0.4, -0.2) is 46.8 Å². The van der Waals surface area contributed by atoms with Gasteiger partial charge in [0.1, 0.15) is 23.6 Å². The molecule has 1 aromatic heterocycles. The Balaban J connectivity index is 1.46. The molecule has 188 valence electrons. The topological polar surface area (TPSA) is 73.7 Å². The van der Waals surface area contributed by atoms with E-state index in [0.29, 0.717) is 17.7 Å². The Morgan fingerprint density at radius 3 is 2.44 bits per heavy atom. The van der Waals surface area contributed by atoms with Gasteiger partial charge in [-0.1, -0.05) is 12.1 Å². The van der Waals surface area contributed by atoms with Crippen molar-refractivity contribution in [2.75, 3.05) is 18.6 Å². The number of carbonyl (C=O) groups excluding carboxylic acids is 2. The van der Waals surface area contributed by atoms with Crippen molar-refractivity contribution in [3.05, 3.63) is 59.8 Å². The number of benzene rings is 2. The highest BCUT2D eigenvalue weighted by atomic mass is 16.6. The number of hydrogen-bond donors (Lipinski definition) is 0. The number of rotatable bonds is 6. The molecule has 3 aromatic rings. The van der Waals surface area contributed by atoms with Crippen molar-refractivity contribution >= 4 is 33.9 Å². The minimum atomic E-state index is -0.580. The molecule has 0 radical (unpaired) electrons. The lowest BCUT2D eigenvalue weighted by Crippen LogP contribution is -2.46. The fourth-order valence-corrected chi connectivity index (χ4v) is 5.40. The summed E-state index contributed by atoms with van der Waals surface area (Å²) in [5, 5.41) is 5.26. The molecule has 1 fully saturated rings. The SMILES string of the molecule is COc1ccc(N2C[C@@H]3CC[C@H]2C=C3c2ccc3c(c2)c(C(C)=O)nn3CC(=O)OC(C)(C)C)cc1. The van der Waals surface area contributed by atoms with Gasteiger partial charge in [0, 0.05) is 36.5 Å². The van der Waals surface area contributed by atoms with Gasteiger partial charge in [-0.2, -0.15) is 5.10 Å². The van der Waals surface area contributed by atoms with Crippen molar-refractivity contribution in [3.8, 4) is 5.75 Å². The molecule has 7 heteroatoms. The number of anilines is 1. The second-order valence-corrected chi connectivity index (χ2v) is 10.7. The lowest BCUT2D eigenvalue weighted by molar-refractivity contribution is -0.155. The van der Waals surface area contributed by atoms with Gasteiger partial charge in [-0.3, -0.25) is 14.3 Å². The van der Waals surface area contributed by atoms with E-state index >= 15 is 0 Å². The fraction of sp³-hybridized carbons (Fsp3) is 0.414. The van der Waals surface area contributed by atoms with E-state index in [1.54, 1.807) is 11.8 Å². The first-order valence-corrected chi connectivity index (χ1v) is 12.5.